The molecule has 2 aromatic rings. The van der Waals surface area contributed by atoms with E-state index in [4.69, 9.17) is 12.2 Å². The number of anilines is 1. The van der Waals surface area contributed by atoms with E-state index >= 15 is 0 Å². The van der Waals surface area contributed by atoms with E-state index in [0.29, 0.717) is 28.3 Å². The Hall–Kier alpha value is -2.65. The van der Waals surface area contributed by atoms with E-state index in [2.05, 4.69) is 27.8 Å². The van der Waals surface area contributed by atoms with Crippen molar-refractivity contribution in [2.45, 2.75) is 43.5 Å². The number of carbonyl (C=O) groups is 1. The molecule has 160 valence electrons. The number of amides is 1. The highest BCUT2D eigenvalue weighted by Gasteiger charge is 2.22. The number of hydrazine groups is 1. The topological polar surface area (TPSA) is 99.3 Å². The summed E-state index contributed by atoms with van der Waals surface area (Å²) in [5.74, 6) is 0.129. The van der Waals surface area contributed by atoms with Crippen molar-refractivity contribution in [2.75, 3.05) is 4.72 Å². The standard InChI is InChI=1S/C21H26N4O3S2/c1-15-7-5-6-10-19(15)22-21(29)24-23-20(26)16-11-13-18(14-12-16)30(27,28)25-17-8-3-2-4-9-17/h2-4,8-9,11-15,19,25H,5-7,10H2,1H3,(H,23,26)(H2,22,24,29). The SMILES string of the molecule is CC1CCCCC1NC(=S)NNC(=O)c1ccc(S(=O)(=O)Nc2ccccc2)cc1. The molecule has 2 atom stereocenters. The van der Waals surface area contributed by atoms with Gasteiger partial charge in [-0.3, -0.25) is 20.4 Å². The monoisotopic (exact) mass is 446 g/mol. The summed E-state index contributed by atoms with van der Waals surface area (Å²) in [6.07, 6.45) is 4.64. The number of nitrogens with one attached hydrogen (secondary N) is 4. The van der Waals surface area contributed by atoms with E-state index in [-0.39, 0.29) is 4.90 Å². The van der Waals surface area contributed by atoms with Gasteiger partial charge in [0.25, 0.3) is 15.9 Å². The smallest absolute Gasteiger partial charge is 0.269 e. The summed E-state index contributed by atoms with van der Waals surface area (Å²) >= 11 is 5.26. The molecule has 0 spiro atoms. The maximum atomic E-state index is 12.5. The molecule has 1 aliphatic rings. The average Bonchev–Trinajstić information content (AvgIpc) is 2.74. The van der Waals surface area contributed by atoms with Crippen LogP contribution in [0.25, 0.3) is 0 Å². The van der Waals surface area contributed by atoms with E-state index in [1.807, 2.05) is 0 Å². The van der Waals surface area contributed by atoms with Gasteiger partial charge in [-0.25, -0.2) is 8.42 Å². The van der Waals surface area contributed by atoms with Gasteiger partial charge in [-0.2, -0.15) is 0 Å². The quantitative estimate of drug-likeness (QED) is 0.416. The van der Waals surface area contributed by atoms with Crippen LogP contribution < -0.4 is 20.9 Å². The maximum absolute atomic E-state index is 12.5. The normalized spacial score (nSPS) is 18.8. The van der Waals surface area contributed by atoms with Gasteiger partial charge in [0.1, 0.15) is 0 Å². The number of rotatable bonds is 5. The second-order valence-electron chi connectivity index (χ2n) is 7.42. The lowest BCUT2D eigenvalue weighted by Crippen LogP contribution is -2.51. The van der Waals surface area contributed by atoms with Crippen LogP contribution in [0, 0.1) is 5.92 Å². The van der Waals surface area contributed by atoms with Crippen LogP contribution in [0.3, 0.4) is 0 Å². The Bertz CT molecular complexity index is 979. The molecule has 1 fully saturated rings. The molecule has 4 N–H and O–H groups in total. The van der Waals surface area contributed by atoms with Gasteiger partial charge in [0, 0.05) is 17.3 Å². The molecule has 0 bridgehead atoms. The molecule has 30 heavy (non-hydrogen) atoms. The first-order valence-corrected chi connectivity index (χ1v) is 11.8. The van der Waals surface area contributed by atoms with Crippen molar-refractivity contribution >= 4 is 38.9 Å². The van der Waals surface area contributed by atoms with Crippen LogP contribution in [-0.4, -0.2) is 25.5 Å². The van der Waals surface area contributed by atoms with Crippen LogP contribution in [0.4, 0.5) is 5.69 Å². The molecule has 2 aromatic carbocycles. The Labute approximate surface area is 182 Å². The van der Waals surface area contributed by atoms with Gasteiger partial charge in [0.2, 0.25) is 0 Å². The first-order chi connectivity index (χ1) is 14.3. The van der Waals surface area contributed by atoms with E-state index in [9.17, 15) is 13.2 Å². The summed E-state index contributed by atoms with van der Waals surface area (Å²) in [5.41, 5.74) is 6.04. The highest BCUT2D eigenvalue weighted by atomic mass is 32.2. The van der Waals surface area contributed by atoms with Gasteiger partial charge in [0.15, 0.2) is 5.11 Å². The van der Waals surface area contributed by atoms with E-state index < -0.39 is 15.9 Å². The highest BCUT2D eigenvalue weighted by Crippen LogP contribution is 2.23. The molecule has 0 aromatic heterocycles. The van der Waals surface area contributed by atoms with Crippen LogP contribution in [-0.2, 0) is 10.0 Å². The fraction of sp³-hybridized carbons (Fsp3) is 0.333. The zero-order chi connectivity index (χ0) is 21.6. The summed E-state index contributed by atoms with van der Waals surface area (Å²) in [6, 6.07) is 14.6. The molecule has 1 amide bonds. The summed E-state index contributed by atoms with van der Waals surface area (Å²) in [6.45, 7) is 2.19. The summed E-state index contributed by atoms with van der Waals surface area (Å²) in [7, 11) is -3.73. The highest BCUT2D eigenvalue weighted by molar-refractivity contribution is 7.92. The molecule has 0 saturated heterocycles. The molecule has 7 nitrogen and oxygen atoms in total. The van der Waals surface area contributed by atoms with Crippen molar-refractivity contribution in [3.05, 3.63) is 60.2 Å². The molecule has 0 aliphatic heterocycles. The maximum Gasteiger partial charge on any atom is 0.269 e. The summed E-state index contributed by atoms with van der Waals surface area (Å²) < 4.78 is 27.4. The zero-order valence-electron chi connectivity index (χ0n) is 16.7. The fourth-order valence-corrected chi connectivity index (χ4v) is 4.69. The third kappa shape index (κ3) is 5.93. The second kappa shape index (κ2) is 9.90. The van der Waals surface area contributed by atoms with Gasteiger partial charge in [-0.1, -0.05) is 38.0 Å². The Kier molecular flexibility index (Phi) is 7.28. The lowest BCUT2D eigenvalue weighted by atomic mass is 9.86. The molecule has 9 heteroatoms. The Morgan fingerprint density at radius 1 is 0.967 bits per heavy atom. The number of sulfonamides is 1. The third-order valence-electron chi connectivity index (χ3n) is 5.17. The molecule has 0 heterocycles. The van der Waals surface area contributed by atoms with Crippen molar-refractivity contribution in [1.82, 2.24) is 16.2 Å². The van der Waals surface area contributed by atoms with Crippen molar-refractivity contribution in [2.24, 2.45) is 5.92 Å². The largest absolute Gasteiger partial charge is 0.358 e. The Morgan fingerprint density at radius 2 is 1.63 bits per heavy atom. The van der Waals surface area contributed by atoms with Gasteiger partial charge < -0.3 is 5.32 Å². The number of hydrogen-bond acceptors (Lipinski definition) is 4. The number of benzene rings is 2. The van der Waals surface area contributed by atoms with Gasteiger partial charge in [0.05, 0.1) is 4.90 Å². The lowest BCUT2D eigenvalue weighted by Gasteiger charge is -2.30. The minimum Gasteiger partial charge on any atom is -0.358 e. The van der Waals surface area contributed by atoms with Crippen LogP contribution in [0.1, 0.15) is 43.0 Å². The Morgan fingerprint density at radius 3 is 2.30 bits per heavy atom. The van der Waals surface area contributed by atoms with E-state index in [0.717, 1.165) is 6.42 Å². The minimum atomic E-state index is -3.73. The van der Waals surface area contributed by atoms with E-state index in [1.54, 1.807) is 30.3 Å². The molecular weight excluding hydrogens is 420 g/mol. The molecule has 1 saturated carbocycles. The predicted octanol–water partition coefficient (Wildman–Crippen LogP) is 3.18. The fourth-order valence-electron chi connectivity index (χ4n) is 3.43. The number of para-hydroxylation sites is 1. The van der Waals surface area contributed by atoms with Crippen LogP contribution >= 0.6 is 12.2 Å². The van der Waals surface area contributed by atoms with Crippen molar-refractivity contribution < 1.29 is 13.2 Å². The summed E-state index contributed by atoms with van der Waals surface area (Å²) in [5, 5.41) is 3.61. The third-order valence-corrected chi connectivity index (χ3v) is 6.79. The van der Waals surface area contributed by atoms with Crippen molar-refractivity contribution in [1.29, 1.82) is 0 Å². The van der Waals surface area contributed by atoms with Crippen LogP contribution in [0.15, 0.2) is 59.5 Å². The van der Waals surface area contributed by atoms with Crippen LogP contribution in [0.2, 0.25) is 0 Å². The van der Waals surface area contributed by atoms with Crippen molar-refractivity contribution in [3.63, 3.8) is 0 Å². The summed E-state index contributed by atoms with van der Waals surface area (Å²) in [4.78, 5) is 12.4. The molecule has 3 rings (SSSR count). The number of thiocarbonyl (C=S) groups is 1. The predicted molar refractivity (Wildman–Crippen MR) is 121 cm³/mol. The second-order valence-corrected chi connectivity index (χ2v) is 9.51. The molecule has 2 unspecified atom stereocenters. The van der Waals surface area contributed by atoms with Gasteiger partial charge in [-0.05, 0) is 67.4 Å². The lowest BCUT2D eigenvalue weighted by molar-refractivity contribution is 0.0943. The number of hydrogen-bond donors (Lipinski definition) is 4. The molecule has 0 radical (unpaired) electrons. The first-order valence-electron chi connectivity index (χ1n) is 9.90. The first kappa shape index (κ1) is 22.0. The van der Waals surface area contributed by atoms with Gasteiger partial charge >= 0.3 is 0 Å². The molecule has 1 aliphatic carbocycles. The Balaban J connectivity index is 1.54. The van der Waals surface area contributed by atoms with Crippen molar-refractivity contribution in [3.8, 4) is 0 Å². The van der Waals surface area contributed by atoms with Crippen LogP contribution in [0.5, 0.6) is 0 Å². The molecular formula is C21H26N4O3S2. The average molecular weight is 447 g/mol. The van der Waals surface area contributed by atoms with E-state index in [1.165, 1.54) is 43.5 Å². The minimum absolute atomic E-state index is 0.0688. The van der Waals surface area contributed by atoms with Gasteiger partial charge in [-0.15, -0.1) is 0 Å². The zero-order valence-corrected chi connectivity index (χ0v) is 18.4. The number of carbonyl (C=O) groups excluding carboxylic acids is 1.